The van der Waals surface area contributed by atoms with Gasteiger partial charge < -0.3 is 4.57 Å². The second kappa shape index (κ2) is 11.9. The fraction of sp³-hybridized carbons (Fsp3) is 0.0227. The molecule has 0 amide bonds. The Balaban J connectivity index is 1.20. The number of alkyl halides is 2. The molecular formula is C44H28F2N4. The number of benzene rings is 6. The highest BCUT2D eigenvalue weighted by Crippen LogP contribution is 2.52. The van der Waals surface area contributed by atoms with Gasteiger partial charge in [-0.05, 0) is 52.6 Å². The van der Waals surface area contributed by atoms with E-state index in [1.807, 2.05) is 103 Å². The normalized spacial score (nSPS) is 12.8. The van der Waals surface area contributed by atoms with Crippen molar-refractivity contribution in [1.29, 1.82) is 0 Å². The topological polar surface area (TPSA) is 43.6 Å². The van der Waals surface area contributed by atoms with E-state index in [2.05, 4.69) is 41.1 Å². The zero-order chi connectivity index (χ0) is 33.7. The Morgan fingerprint density at radius 3 is 1.42 bits per heavy atom. The van der Waals surface area contributed by atoms with Crippen LogP contribution in [0.15, 0.2) is 170 Å². The van der Waals surface area contributed by atoms with Crippen LogP contribution in [0.5, 0.6) is 0 Å². The predicted molar refractivity (Wildman–Crippen MR) is 195 cm³/mol. The summed E-state index contributed by atoms with van der Waals surface area (Å²) in [5, 5.41) is 0. The van der Waals surface area contributed by atoms with E-state index in [9.17, 15) is 0 Å². The number of aromatic nitrogens is 4. The molecule has 8 aromatic rings. The summed E-state index contributed by atoms with van der Waals surface area (Å²) >= 11 is 0. The average Bonchev–Trinajstić information content (AvgIpc) is 3.73. The van der Waals surface area contributed by atoms with Crippen LogP contribution >= 0.6 is 0 Å². The number of hydrogen-bond acceptors (Lipinski definition) is 3. The van der Waals surface area contributed by atoms with Gasteiger partial charge in [0.2, 0.25) is 0 Å². The van der Waals surface area contributed by atoms with Gasteiger partial charge in [-0.15, -0.1) is 0 Å². The molecule has 0 atom stereocenters. The van der Waals surface area contributed by atoms with Gasteiger partial charge in [0.05, 0.1) is 5.69 Å². The summed E-state index contributed by atoms with van der Waals surface area (Å²) in [5.74, 6) is -1.71. The second-order valence-electron chi connectivity index (χ2n) is 12.3. The first-order valence-electron chi connectivity index (χ1n) is 16.4. The maximum absolute atomic E-state index is 16.1. The summed E-state index contributed by atoms with van der Waals surface area (Å²) in [7, 11) is 0. The lowest BCUT2D eigenvalue weighted by molar-refractivity contribution is 0.0480. The Bertz CT molecular complexity index is 2440. The van der Waals surface area contributed by atoms with Crippen molar-refractivity contribution in [3.8, 4) is 73.4 Å². The van der Waals surface area contributed by atoms with Crippen molar-refractivity contribution in [3.05, 3.63) is 181 Å². The first-order valence-corrected chi connectivity index (χ1v) is 16.4. The Morgan fingerprint density at radius 2 is 0.860 bits per heavy atom. The number of fused-ring (bicyclic) bond motifs is 3. The van der Waals surface area contributed by atoms with Crippen molar-refractivity contribution in [2.24, 2.45) is 0 Å². The predicted octanol–water partition coefficient (Wildman–Crippen LogP) is 11.1. The van der Waals surface area contributed by atoms with E-state index in [1.165, 1.54) is 6.07 Å². The van der Waals surface area contributed by atoms with Gasteiger partial charge in [0.15, 0.2) is 17.5 Å². The zero-order valence-electron chi connectivity index (χ0n) is 26.7. The molecule has 0 bridgehead atoms. The quantitative estimate of drug-likeness (QED) is 0.180. The van der Waals surface area contributed by atoms with Crippen LogP contribution in [0.25, 0.3) is 73.4 Å². The molecule has 0 unspecified atom stereocenters. The molecule has 0 radical (unpaired) electrons. The molecule has 2 aromatic heterocycles. The minimum atomic E-state index is -3.15. The lowest BCUT2D eigenvalue weighted by Crippen LogP contribution is -2.11. The van der Waals surface area contributed by atoms with Crippen LogP contribution in [0.1, 0.15) is 11.1 Å². The lowest BCUT2D eigenvalue weighted by atomic mass is 10.0. The molecule has 6 aromatic carbocycles. The molecule has 0 N–H and O–H groups in total. The molecule has 50 heavy (non-hydrogen) atoms. The highest BCUT2D eigenvalue weighted by Gasteiger charge is 2.44. The van der Waals surface area contributed by atoms with Crippen molar-refractivity contribution in [1.82, 2.24) is 19.5 Å². The maximum atomic E-state index is 16.1. The average molecular weight is 651 g/mol. The maximum Gasteiger partial charge on any atom is 0.299 e. The van der Waals surface area contributed by atoms with E-state index in [4.69, 9.17) is 15.0 Å². The molecule has 2 heterocycles. The minimum Gasteiger partial charge on any atom is -0.316 e. The third-order valence-electron chi connectivity index (χ3n) is 9.22. The van der Waals surface area contributed by atoms with Crippen LogP contribution < -0.4 is 0 Å². The summed E-state index contributed by atoms with van der Waals surface area (Å²) in [6.07, 6.45) is 2.07. The smallest absolute Gasteiger partial charge is 0.299 e. The van der Waals surface area contributed by atoms with Gasteiger partial charge in [-0.1, -0.05) is 133 Å². The van der Waals surface area contributed by atoms with Gasteiger partial charge in [0.1, 0.15) is 0 Å². The Kier molecular flexibility index (Phi) is 7.02. The molecule has 6 heteroatoms. The van der Waals surface area contributed by atoms with E-state index in [0.29, 0.717) is 34.2 Å². The zero-order valence-corrected chi connectivity index (χ0v) is 26.7. The third kappa shape index (κ3) is 5.09. The van der Waals surface area contributed by atoms with E-state index in [1.54, 1.807) is 24.3 Å². The molecule has 0 saturated carbocycles. The van der Waals surface area contributed by atoms with Gasteiger partial charge >= 0.3 is 0 Å². The molecule has 9 rings (SSSR count). The Hall–Kier alpha value is -6.53. The molecule has 1 aliphatic rings. The van der Waals surface area contributed by atoms with Crippen molar-refractivity contribution < 1.29 is 8.78 Å². The number of nitrogens with zero attached hydrogens (tertiary/aromatic N) is 4. The second-order valence-corrected chi connectivity index (χ2v) is 12.3. The van der Waals surface area contributed by atoms with Gasteiger partial charge in [-0.3, -0.25) is 0 Å². The van der Waals surface area contributed by atoms with Crippen molar-refractivity contribution in [3.63, 3.8) is 0 Å². The Morgan fingerprint density at radius 1 is 0.400 bits per heavy atom. The van der Waals surface area contributed by atoms with E-state index >= 15 is 8.78 Å². The molecule has 0 saturated heterocycles. The van der Waals surface area contributed by atoms with Crippen LogP contribution in [0.2, 0.25) is 0 Å². The SMILES string of the molecule is FC1(F)c2ccc(-c3nc(-c4ccccc4)nc(-c4ccccc4)n3)cc2-c2cc(-n3cc(-c4ccccc4)cc3-c3ccccc3)ccc21. The highest BCUT2D eigenvalue weighted by molar-refractivity contribution is 5.85. The van der Waals surface area contributed by atoms with Crippen molar-refractivity contribution in [2.45, 2.75) is 5.92 Å². The van der Waals surface area contributed by atoms with Crippen LogP contribution in [-0.4, -0.2) is 19.5 Å². The summed E-state index contributed by atoms with van der Waals surface area (Å²) in [5.41, 5.74) is 8.11. The number of rotatable bonds is 6. The van der Waals surface area contributed by atoms with Crippen LogP contribution in [0, 0.1) is 0 Å². The van der Waals surface area contributed by atoms with Crippen LogP contribution in [0.3, 0.4) is 0 Å². The molecule has 0 fully saturated rings. The molecule has 1 aliphatic carbocycles. The number of hydrogen-bond donors (Lipinski definition) is 0. The van der Waals surface area contributed by atoms with E-state index < -0.39 is 5.92 Å². The first kappa shape index (κ1) is 29.6. The summed E-state index contributed by atoms with van der Waals surface area (Å²) in [6, 6.07) is 52.0. The van der Waals surface area contributed by atoms with Crippen molar-refractivity contribution >= 4 is 0 Å². The fourth-order valence-electron chi connectivity index (χ4n) is 6.74. The fourth-order valence-corrected chi connectivity index (χ4v) is 6.74. The molecule has 238 valence electrons. The highest BCUT2D eigenvalue weighted by atomic mass is 19.3. The van der Waals surface area contributed by atoms with Gasteiger partial charge in [-0.25, -0.2) is 15.0 Å². The summed E-state index contributed by atoms with van der Waals surface area (Å²) < 4.78 is 34.3. The summed E-state index contributed by atoms with van der Waals surface area (Å²) in [4.78, 5) is 14.5. The first-order chi connectivity index (χ1) is 24.5. The minimum absolute atomic E-state index is 0.0179. The standard InChI is InChI=1S/C44H28F2N4/c45-44(46)38-23-21-33(43-48-41(31-17-9-3-10-18-31)47-42(49-43)32-19-11-4-12-20-32)25-36(38)37-27-35(22-24-39(37)44)50-28-34(29-13-5-1-6-14-29)26-40(50)30-15-7-2-8-16-30/h1-28H. The summed E-state index contributed by atoms with van der Waals surface area (Å²) in [6.45, 7) is 0. The van der Waals surface area contributed by atoms with E-state index in [-0.39, 0.29) is 11.1 Å². The molecular weight excluding hydrogens is 623 g/mol. The molecule has 4 nitrogen and oxygen atoms in total. The lowest BCUT2D eigenvalue weighted by Gasteiger charge is -2.14. The Labute approximate surface area is 288 Å². The van der Waals surface area contributed by atoms with Crippen LogP contribution in [-0.2, 0) is 5.92 Å². The van der Waals surface area contributed by atoms with Crippen molar-refractivity contribution in [2.75, 3.05) is 0 Å². The largest absolute Gasteiger partial charge is 0.316 e. The third-order valence-corrected chi connectivity index (χ3v) is 9.22. The van der Waals surface area contributed by atoms with E-state index in [0.717, 1.165) is 39.2 Å². The van der Waals surface area contributed by atoms with Gasteiger partial charge in [0, 0.05) is 45.3 Å². The van der Waals surface area contributed by atoms with Gasteiger partial charge in [-0.2, -0.15) is 8.78 Å². The molecule has 0 spiro atoms. The van der Waals surface area contributed by atoms with Crippen LogP contribution in [0.4, 0.5) is 8.78 Å². The number of halogens is 2. The van der Waals surface area contributed by atoms with Gasteiger partial charge in [0.25, 0.3) is 5.92 Å². The molecule has 0 aliphatic heterocycles. The monoisotopic (exact) mass is 650 g/mol.